The van der Waals surface area contributed by atoms with E-state index in [1.165, 1.54) is 0 Å². The van der Waals surface area contributed by atoms with E-state index in [4.69, 9.17) is 0 Å². The summed E-state index contributed by atoms with van der Waals surface area (Å²) in [6, 6.07) is 0.128. The summed E-state index contributed by atoms with van der Waals surface area (Å²) in [6.07, 6.45) is 1.05. The summed E-state index contributed by atoms with van der Waals surface area (Å²) in [4.78, 5) is 10.9. The van der Waals surface area contributed by atoms with Crippen LogP contribution in [0.4, 0.5) is 0 Å². The molecule has 50 valence electrons. The van der Waals surface area contributed by atoms with Crippen LogP contribution in [0.5, 0.6) is 0 Å². The molecule has 0 saturated carbocycles. The van der Waals surface area contributed by atoms with Gasteiger partial charge in [0, 0.05) is 13.1 Å². The van der Waals surface area contributed by atoms with Crippen molar-refractivity contribution in [2.45, 2.75) is 12.5 Å². The van der Waals surface area contributed by atoms with Gasteiger partial charge in [-0.15, -0.1) is 0 Å². The molecule has 0 aromatic heterocycles. The first-order chi connectivity index (χ1) is 4.36. The highest BCUT2D eigenvalue weighted by molar-refractivity contribution is 5.83. The number of nitrogens with one attached hydrogen (secondary N) is 2. The fourth-order valence-corrected chi connectivity index (χ4v) is 1.53. The van der Waals surface area contributed by atoms with Gasteiger partial charge in [0.15, 0.2) is 0 Å². The molecule has 2 aliphatic rings. The van der Waals surface area contributed by atoms with Gasteiger partial charge >= 0.3 is 0 Å². The van der Waals surface area contributed by atoms with Crippen molar-refractivity contribution in [3.05, 3.63) is 0 Å². The van der Waals surface area contributed by atoms with E-state index >= 15 is 0 Å². The van der Waals surface area contributed by atoms with Crippen molar-refractivity contribution in [1.82, 2.24) is 10.6 Å². The smallest absolute Gasteiger partial charge is 0.237 e. The molecule has 0 aromatic rings. The third kappa shape index (κ3) is 0.721. The summed E-state index contributed by atoms with van der Waals surface area (Å²) in [5, 5.41) is 6.00. The highest BCUT2D eigenvalue weighted by atomic mass is 16.2. The van der Waals surface area contributed by atoms with E-state index in [1.807, 2.05) is 0 Å². The molecule has 1 amide bonds. The van der Waals surface area contributed by atoms with Crippen LogP contribution in [0, 0.1) is 5.92 Å². The summed E-state index contributed by atoms with van der Waals surface area (Å²) < 4.78 is 0. The van der Waals surface area contributed by atoms with Crippen LogP contribution in [0.15, 0.2) is 0 Å². The lowest BCUT2D eigenvalue weighted by molar-refractivity contribution is -0.123. The lowest BCUT2D eigenvalue weighted by Crippen LogP contribution is -2.43. The van der Waals surface area contributed by atoms with Crippen molar-refractivity contribution >= 4 is 5.91 Å². The van der Waals surface area contributed by atoms with Crippen molar-refractivity contribution in [1.29, 1.82) is 0 Å². The molecule has 2 bridgehead atoms. The molecular formula is C6H10N2O. The number of rotatable bonds is 0. The molecule has 2 unspecified atom stereocenters. The molecule has 0 aliphatic carbocycles. The summed E-state index contributed by atoms with van der Waals surface area (Å²) in [5.74, 6) is 0.886. The molecule has 2 heterocycles. The molecule has 0 radical (unpaired) electrons. The Labute approximate surface area is 53.8 Å². The van der Waals surface area contributed by atoms with Gasteiger partial charge in [-0.25, -0.2) is 0 Å². The van der Waals surface area contributed by atoms with E-state index in [0.29, 0.717) is 5.92 Å². The van der Waals surface area contributed by atoms with E-state index in [1.54, 1.807) is 0 Å². The minimum atomic E-state index is 0.128. The van der Waals surface area contributed by atoms with E-state index in [-0.39, 0.29) is 11.9 Å². The van der Waals surface area contributed by atoms with Crippen molar-refractivity contribution in [3.8, 4) is 0 Å². The first-order valence-corrected chi connectivity index (χ1v) is 3.37. The number of fused-ring (bicyclic) bond motifs is 2. The van der Waals surface area contributed by atoms with Crippen LogP contribution < -0.4 is 10.6 Å². The van der Waals surface area contributed by atoms with Crippen LogP contribution in [-0.2, 0) is 4.79 Å². The molecule has 0 aromatic carbocycles. The zero-order valence-electron chi connectivity index (χ0n) is 5.18. The SMILES string of the molecule is O=C1NCC2CNC1C2. The second-order valence-corrected chi connectivity index (χ2v) is 2.81. The van der Waals surface area contributed by atoms with Crippen LogP contribution in [-0.4, -0.2) is 25.0 Å². The lowest BCUT2D eigenvalue weighted by atomic mass is 10.0. The Morgan fingerprint density at radius 2 is 2.33 bits per heavy atom. The summed E-state index contributed by atoms with van der Waals surface area (Å²) >= 11 is 0. The van der Waals surface area contributed by atoms with Crippen molar-refractivity contribution in [3.63, 3.8) is 0 Å². The number of piperidine rings is 1. The van der Waals surface area contributed by atoms with E-state index in [0.717, 1.165) is 19.5 Å². The Hall–Kier alpha value is -0.570. The Morgan fingerprint density at radius 3 is 3.11 bits per heavy atom. The molecule has 3 heteroatoms. The number of carbonyl (C=O) groups is 1. The second-order valence-electron chi connectivity index (χ2n) is 2.81. The Balaban J connectivity index is 2.14. The van der Waals surface area contributed by atoms with E-state index < -0.39 is 0 Å². The Kier molecular flexibility index (Phi) is 0.990. The standard InChI is InChI=1S/C6H10N2O/c9-6-5-1-4(2-7-5)3-8-6/h4-5,7H,1-3H2,(H,8,9). The van der Waals surface area contributed by atoms with Crippen molar-refractivity contribution < 1.29 is 4.79 Å². The maximum atomic E-state index is 10.9. The van der Waals surface area contributed by atoms with Gasteiger partial charge in [0.1, 0.15) is 0 Å². The highest BCUT2D eigenvalue weighted by Gasteiger charge is 2.33. The van der Waals surface area contributed by atoms with Gasteiger partial charge in [0.25, 0.3) is 0 Å². The largest absolute Gasteiger partial charge is 0.354 e. The zero-order chi connectivity index (χ0) is 6.27. The molecule has 2 saturated heterocycles. The van der Waals surface area contributed by atoms with Crippen LogP contribution in [0.2, 0.25) is 0 Å². The quantitative estimate of drug-likeness (QED) is 0.441. The molecule has 2 rings (SSSR count). The average Bonchev–Trinajstić information content (AvgIpc) is 2.25. The van der Waals surface area contributed by atoms with Gasteiger partial charge in [-0.1, -0.05) is 0 Å². The maximum absolute atomic E-state index is 10.9. The van der Waals surface area contributed by atoms with E-state index in [2.05, 4.69) is 10.6 Å². The first kappa shape index (κ1) is 5.23. The number of amides is 1. The Bertz CT molecular complexity index is 146. The van der Waals surface area contributed by atoms with Crippen LogP contribution >= 0.6 is 0 Å². The number of hydrogen-bond donors (Lipinski definition) is 2. The predicted molar refractivity (Wildman–Crippen MR) is 32.9 cm³/mol. The minimum Gasteiger partial charge on any atom is -0.354 e. The summed E-state index contributed by atoms with van der Waals surface area (Å²) in [6.45, 7) is 1.89. The molecule has 2 N–H and O–H groups in total. The van der Waals surface area contributed by atoms with Gasteiger partial charge in [-0.2, -0.15) is 0 Å². The first-order valence-electron chi connectivity index (χ1n) is 3.37. The zero-order valence-corrected chi connectivity index (χ0v) is 5.18. The van der Waals surface area contributed by atoms with Gasteiger partial charge in [0.2, 0.25) is 5.91 Å². The summed E-state index contributed by atoms with van der Waals surface area (Å²) in [5.41, 5.74) is 0. The molecule has 2 fully saturated rings. The van der Waals surface area contributed by atoms with Crippen LogP contribution in [0.1, 0.15) is 6.42 Å². The third-order valence-corrected chi connectivity index (χ3v) is 2.10. The average molecular weight is 126 g/mol. The van der Waals surface area contributed by atoms with Crippen LogP contribution in [0.3, 0.4) is 0 Å². The molecule has 2 aliphatic heterocycles. The normalized spacial score (nSPS) is 40.7. The predicted octanol–water partition coefficient (Wildman–Crippen LogP) is -0.906. The summed E-state index contributed by atoms with van der Waals surface area (Å²) in [7, 11) is 0. The van der Waals surface area contributed by atoms with Crippen LogP contribution in [0.25, 0.3) is 0 Å². The molecular weight excluding hydrogens is 116 g/mol. The van der Waals surface area contributed by atoms with Gasteiger partial charge < -0.3 is 10.6 Å². The number of carbonyl (C=O) groups excluding carboxylic acids is 1. The fourth-order valence-electron chi connectivity index (χ4n) is 1.53. The van der Waals surface area contributed by atoms with Gasteiger partial charge in [-0.05, 0) is 12.3 Å². The monoisotopic (exact) mass is 126 g/mol. The second kappa shape index (κ2) is 1.70. The highest BCUT2D eigenvalue weighted by Crippen LogP contribution is 2.16. The molecule has 2 atom stereocenters. The van der Waals surface area contributed by atoms with Gasteiger partial charge in [0.05, 0.1) is 6.04 Å². The molecule has 3 nitrogen and oxygen atoms in total. The Morgan fingerprint density at radius 1 is 1.44 bits per heavy atom. The lowest BCUT2D eigenvalue weighted by Gasteiger charge is -2.17. The maximum Gasteiger partial charge on any atom is 0.237 e. The van der Waals surface area contributed by atoms with E-state index in [9.17, 15) is 4.79 Å². The van der Waals surface area contributed by atoms with Crippen molar-refractivity contribution in [2.75, 3.05) is 13.1 Å². The minimum absolute atomic E-state index is 0.128. The van der Waals surface area contributed by atoms with Crippen molar-refractivity contribution in [2.24, 2.45) is 5.92 Å². The van der Waals surface area contributed by atoms with Gasteiger partial charge in [-0.3, -0.25) is 4.79 Å². The third-order valence-electron chi connectivity index (χ3n) is 2.10. The number of hydrogen-bond acceptors (Lipinski definition) is 2. The fraction of sp³-hybridized carbons (Fsp3) is 0.833. The topological polar surface area (TPSA) is 41.1 Å². The molecule has 9 heavy (non-hydrogen) atoms. The molecule has 0 spiro atoms.